The van der Waals surface area contributed by atoms with Gasteiger partial charge in [-0.25, -0.2) is 4.39 Å². The quantitative estimate of drug-likeness (QED) is 0.370. The predicted molar refractivity (Wildman–Crippen MR) is 10.9 cm³/mol. The summed E-state index contributed by atoms with van der Waals surface area (Å²) in [4.78, 5) is 0. The summed E-state index contributed by atoms with van der Waals surface area (Å²) in [5.74, 6) is 0. The maximum absolute atomic E-state index is 10.2. The number of rotatable bonds is 0. The number of hydrogen-bond acceptors (Lipinski definition) is 0. The molecular formula is C2H2FO. The van der Waals surface area contributed by atoms with Gasteiger partial charge in [0.1, 0.15) is 6.33 Å². The minimum absolute atomic E-state index is 0.0556. The molecule has 0 N–H and O–H groups in total. The minimum atomic E-state index is -0.0556. The standard InChI is InChI=1S/C2H2FO/c3-1-2-4/h1-2H/b2-1+. The van der Waals surface area contributed by atoms with Gasteiger partial charge in [-0.15, -0.1) is 0 Å². The van der Waals surface area contributed by atoms with Crippen LogP contribution in [0, 0.1) is 0 Å². The number of halogens is 1. The minimum Gasteiger partial charge on any atom is -0.296 e. The Bertz CT molecular complexity index is 21.2. The zero-order valence-corrected chi connectivity index (χ0v) is 1.94. The van der Waals surface area contributed by atoms with E-state index in [0.29, 0.717) is 0 Å². The van der Waals surface area contributed by atoms with Crippen LogP contribution in [0.2, 0.25) is 0 Å². The van der Waals surface area contributed by atoms with Crippen molar-refractivity contribution in [2.75, 3.05) is 0 Å². The van der Waals surface area contributed by atoms with Crippen molar-refractivity contribution in [1.82, 2.24) is 0 Å². The molecule has 0 aromatic heterocycles. The Balaban J connectivity index is 2.55. The van der Waals surface area contributed by atoms with Gasteiger partial charge in [0.15, 0.2) is 6.26 Å². The average Bonchev–Trinajstić information content (AvgIpc) is 1.37. The molecule has 0 saturated heterocycles. The second kappa shape index (κ2) is 2.47. The summed E-state index contributed by atoms with van der Waals surface area (Å²) in [7, 11) is 0. The van der Waals surface area contributed by atoms with E-state index in [0.717, 1.165) is 0 Å². The molecule has 1 nitrogen and oxygen atoms in total. The smallest absolute Gasteiger partial charge is 0.170 e. The van der Waals surface area contributed by atoms with Crippen LogP contribution >= 0.6 is 0 Å². The summed E-state index contributed by atoms with van der Waals surface area (Å²) in [6.45, 7) is 0. The lowest BCUT2D eigenvalue weighted by atomic mass is 11.1. The van der Waals surface area contributed by atoms with Gasteiger partial charge in [0.25, 0.3) is 0 Å². The van der Waals surface area contributed by atoms with Gasteiger partial charge in [-0.05, 0) is 0 Å². The summed E-state index contributed by atoms with van der Waals surface area (Å²) in [6, 6.07) is 0. The third kappa shape index (κ3) is 1.47. The Labute approximate surface area is 23.4 Å². The highest BCUT2D eigenvalue weighted by atomic mass is 19.1. The topological polar surface area (TPSA) is 19.9 Å². The van der Waals surface area contributed by atoms with Crippen molar-refractivity contribution in [2.24, 2.45) is 0 Å². The molecule has 0 aromatic carbocycles. The molecule has 0 fully saturated rings. The van der Waals surface area contributed by atoms with Crippen molar-refractivity contribution < 1.29 is 9.50 Å². The van der Waals surface area contributed by atoms with Crippen LogP contribution in [0.4, 0.5) is 4.39 Å². The molecule has 23 valence electrons. The molecule has 1 radical (unpaired) electrons. The third-order valence-electron chi connectivity index (χ3n) is 0.0514. The first-order valence-corrected chi connectivity index (χ1v) is 0.787. The maximum Gasteiger partial charge on any atom is 0.170 e. The molecule has 0 aromatic rings. The molecular weight excluding hydrogens is 59.0 g/mol. The fraction of sp³-hybridized carbons (Fsp3) is 0. The Morgan fingerprint density at radius 1 is 1.75 bits per heavy atom. The van der Waals surface area contributed by atoms with Crippen molar-refractivity contribution >= 4 is 0 Å². The summed E-state index contributed by atoms with van der Waals surface area (Å²) < 4.78 is 10.2. The predicted octanol–water partition coefficient (Wildman–Crippen LogP) is 0.858. The molecule has 0 unspecified atom stereocenters. The van der Waals surface area contributed by atoms with Crippen LogP contribution in [0.15, 0.2) is 12.6 Å². The van der Waals surface area contributed by atoms with Gasteiger partial charge in [0, 0.05) is 0 Å². The summed E-state index contributed by atoms with van der Waals surface area (Å²) in [5, 5.41) is 8.74. The van der Waals surface area contributed by atoms with Crippen molar-refractivity contribution in [3.05, 3.63) is 12.6 Å². The van der Waals surface area contributed by atoms with E-state index in [4.69, 9.17) is 5.11 Å². The van der Waals surface area contributed by atoms with Crippen molar-refractivity contribution in [3.8, 4) is 0 Å². The Morgan fingerprint density at radius 3 is 2.00 bits per heavy atom. The zero-order valence-electron chi connectivity index (χ0n) is 1.94. The normalized spacial score (nSPS) is 9.25. The second-order valence-electron chi connectivity index (χ2n) is 0.262. The third-order valence-corrected chi connectivity index (χ3v) is 0.0514. The molecule has 4 heavy (non-hydrogen) atoms. The van der Waals surface area contributed by atoms with Crippen LogP contribution in [0.3, 0.4) is 0 Å². The van der Waals surface area contributed by atoms with Crippen LogP contribution in [0.1, 0.15) is 0 Å². The van der Waals surface area contributed by atoms with Crippen LogP contribution < -0.4 is 0 Å². The first-order chi connectivity index (χ1) is 1.91. The van der Waals surface area contributed by atoms with E-state index < -0.39 is 0 Å². The van der Waals surface area contributed by atoms with E-state index >= 15 is 0 Å². The Morgan fingerprint density at radius 2 is 2.00 bits per heavy atom. The van der Waals surface area contributed by atoms with Crippen molar-refractivity contribution in [1.29, 1.82) is 0 Å². The Hall–Kier alpha value is -0.530. The second-order valence-corrected chi connectivity index (χ2v) is 0.262. The van der Waals surface area contributed by atoms with Gasteiger partial charge in [-0.2, -0.15) is 0 Å². The van der Waals surface area contributed by atoms with Crippen molar-refractivity contribution in [3.63, 3.8) is 0 Å². The number of hydrogen-bond donors (Lipinski definition) is 0. The highest BCUT2D eigenvalue weighted by Gasteiger charge is 1.45. The van der Waals surface area contributed by atoms with Gasteiger partial charge >= 0.3 is 0 Å². The van der Waals surface area contributed by atoms with Crippen LogP contribution in [-0.4, -0.2) is 0 Å². The molecule has 2 heteroatoms. The molecule has 0 rings (SSSR count). The van der Waals surface area contributed by atoms with Crippen LogP contribution in [-0.2, 0) is 5.11 Å². The summed E-state index contributed by atoms with van der Waals surface area (Å²) in [6.07, 6.45) is 0.0278. The fourth-order valence-corrected chi connectivity index (χ4v) is 0. The van der Waals surface area contributed by atoms with E-state index in [2.05, 4.69) is 0 Å². The van der Waals surface area contributed by atoms with Crippen LogP contribution in [0.25, 0.3) is 0 Å². The average molecular weight is 61.0 g/mol. The fourth-order valence-electron chi connectivity index (χ4n) is 0. The summed E-state index contributed by atoms with van der Waals surface area (Å²) >= 11 is 0. The lowest BCUT2D eigenvalue weighted by molar-refractivity contribution is 0.342. The van der Waals surface area contributed by atoms with E-state index in [9.17, 15) is 4.39 Å². The van der Waals surface area contributed by atoms with Crippen molar-refractivity contribution in [2.45, 2.75) is 0 Å². The molecule has 0 heterocycles. The molecule has 0 bridgehead atoms. The highest BCUT2D eigenvalue weighted by Crippen LogP contribution is 1.59. The first-order valence-electron chi connectivity index (χ1n) is 0.787. The van der Waals surface area contributed by atoms with Gasteiger partial charge < -0.3 is 0 Å². The molecule has 0 atom stereocenters. The van der Waals surface area contributed by atoms with Crippen LogP contribution in [0.5, 0.6) is 0 Å². The van der Waals surface area contributed by atoms with Gasteiger partial charge in [0.05, 0.1) is 0 Å². The molecule has 0 aliphatic rings. The highest BCUT2D eigenvalue weighted by molar-refractivity contribution is 4.50. The lowest BCUT2D eigenvalue weighted by Crippen LogP contribution is -1.29. The SMILES string of the molecule is [O]/C=C/F. The van der Waals surface area contributed by atoms with Gasteiger partial charge in [0.2, 0.25) is 0 Å². The molecule has 0 amide bonds. The molecule has 0 spiro atoms. The van der Waals surface area contributed by atoms with E-state index in [1.807, 2.05) is 0 Å². The monoisotopic (exact) mass is 61.0 g/mol. The van der Waals surface area contributed by atoms with E-state index in [1.54, 1.807) is 0 Å². The zero-order chi connectivity index (χ0) is 3.41. The lowest BCUT2D eigenvalue weighted by Gasteiger charge is -1.42. The maximum atomic E-state index is 10.2. The van der Waals surface area contributed by atoms with E-state index in [-0.39, 0.29) is 12.6 Å². The van der Waals surface area contributed by atoms with Gasteiger partial charge in [-0.1, -0.05) is 0 Å². The van der Waals surface area contributed by atoms with Gasteiger partial charge in [-0.3, -0.25) is 5.11 Å². The molecule has 0 aliphatic heterocycles. The molecule has 0 aliphatic carbocycles. The van der Waals surface area contributed by atoms with E-state index in [1.165, 1.54) is 0 Å². The first kappa shape index (κ1) is 3.47. The largest absolute Gasteiger partial charge is 0.296 e. The molecule has 0 saturated carbocycles. The summed E-state index contributed by atoms with van der Waals surface area (Å²) in [5.41, 5.74) is 0. The Kier molecular flexibility index (Phi) is 2.14.